The summed E-state index contributed by atoms with van der Waals surface area (Å²) >= 11 is 0. The predicted molar refractivity (Wildman–Crippen MR) is 57.8 cm³/mol. The second kappa shape index (κ2) is 2.95. The van der Waals surface area contributed by atoms with Crippen LogP contribution in [0.25, 0.3) is 0 Å². The van der Waals surface area contributed by atoms with Gasteiger partial charge in [-0.2, -0.15) is 0 Å². The molecule has 1 aromatic rings. The molecule has 16 heavy (non-hydrogen) atoms. The molecule has 0 spiro atoms. The molecular weight excluding hydrogens is 204 g/mol. The van der Waals surface area contributed by atoms with E-state index in [4.69, 9.17) is 9.47 Å². The lowest BCUT2D eigenvalue weighted by molar-refractivity contribution is -0.162. The number of benzene rings is 1. The summed E-state index contributed by atoms with van der Waals surface area (Å²) in [6.07, 6.45) is 3.62. The van der Waals surface area contributed by atoms with E-state index in [1.165, 1.54) is 7.11 Å². The van der Waals surface area contributed by atoms with Gasteiger partial charge in [0.25, 0.3) is 0 Å². The number of carbonyl (C=O) groups excluding carboxylic acids is 1. The minimum atomic E-state index is -0.999. The molecule has 2 aliphatic heterocycles. The van der Waals surface area contributed by atoms with Crippen LogP contribution in [0.1, 0.15) is 22.8 Å². The summed E-state index contributed by atoms with van der Waals surface area (Å²) in [6.45, 7) is 2.03. The first kappa shape index (κ1) is 9.60. The minimum Gasteiger partial charge on any atom is -0.466 e. The van der Waals surface area contributed by atoms with Crippen molar-refractivity contribution in [1.82, 2.24) is 0 Å². The van der Waals surface area contributed by atoms with Crippen molar-refractivity contribution >= 4 is 5.97 Å². The molecule has 2 atom stereocenters. The molecule has 0 aliphatic carbocycles. The van der Waals surface area contributed by atoms with Crippen LogP contribution in [0.4, 0.5) is 0 Å². The molecule has 0 amide bonds. The first-order valence-corrected chi connectivity index (χ1v) is 5.24. The Morgan fingerprint density at radius 2 is 2.31 bits per heavy atom. The summed E-state index contributed by atoms with van der Waals surface area (Å²) in [7, 11) is 1.38. The number of methoxy groups -OCH3 is 1. The Balaban J connectivity index is 2.24. The van der Waals surface area contributed by atoms with Crippen LogP contribution in [0, 0.1) is 6.92 Å². The Morgan fingerprint density at radius 3 is 3.06 bits per heavy atom. The van der Waals surface area contributed by atoms with Crippen molar-refractivity contribution in [3.8, 4) is 0 Å². The first-order valence-electron chi connectivity index (χ1n) is 5.24. The number of esters is 1. The van der Waals surface area contributed by atoms with Crippen LogP contribution >= 0.6 is 0 Å². The second-order valence-electron chi connectivity index (χ2n) is 4.16. The van der Waals surface area contributed by atoms with Gasteiger partial charge in [0, 0.05) is 5.56 Å². The van der Waals surface area contributed by atoms with Crippen LogP contribution in [-0.4, -0.2) is 13.1 Å². The van der Waals surface area contributed by atoms with Crippen LogP contribution in [0.15, 0.2) is 30.4 Å². The third-order valence-electron chi connectivity index (χ3n) is 3.32. The number of hydrogen-bond acceptors (Lipinski definition) is 3. The molecule has 0 saturated carbocycles. The fourth-order valence-electron chi connectivity index (χ4n) is 2.57. The molecule has 2 bridgehead atoms. The molecule has 3 rings (SSSR count). The zero-order valence-corrected chi connectivity index (χ0v) is 9.19. The van der Waals surface area contributed by atoms with Gasteiger partial charge in [0.2, 0.25) is 5.60 Å². The summed E-state index contributed by atoms with van der Waals surface area (Å²) in [5.41, 5.74) is 2.18. The summed E-state index contributed by atoms with van der Waals surface area (Å²) in [5, 5.41) is 0. The van der Waals surface area contributed by atoms with Crippen LogP contribution in [0.3, 0.4) is 0 Å². The third-order valence-corrected chi connectivity index (χ3v) is 3.32. The largest absolute Gasteiger partial charge is 0.466 e. The molecule has 2 unspecified atom stereocenters. The van der Waals surface area contributed by atoms with Gasteiger partial charge in [-0.05, 0) is 24.1 Å². The average molecular weight is 216 g/mol. The maximum absolute atomic E-state index is 11.9. The van der Waals surface area contributed by atoms with Crippen LogP contribution in [0.2, 0.25) is 0 Å². The number of aryl methyl sites for hydroxylation is 1. The summed E-state index contributed by atoms with van der Waals surface area (Å²) in [4.78, 5) is 11.9. The molecule has 2 aliphatic rings. The number of hydrogen-bond donors (Lipinski definition) is 0. The molecule has 82 valence electrons. The monoisotopic (exact) mass is 216 g/mol. The highest BCUT2D eigenvalue weighted by Gasteiger charge is 2.53. The van der Waals surface area contributed by atoms with Gasteiger partial charge in [0.1, 0.15) is 6.10 Å². The van der Waals surface area contributed by atoms with Gasteiger partial charge in [-0.25, -0.2) is 4.79 Å². The van der Waals surface area contributed by atoms with Gasteiger partial charge in [0.05, 0.1) is 7.11 Å². The molecule has 3 nitrogen and oxygen atoms in total. The highest BCUT2D eigenvalue weighted by Crippen LogP contribution is 2.51. The van der Waals surface area contributed by atoms with Gasteiger partial charge < -0.3 is 9.47 Å². The maximum atomic E-state index is 11.9. The van der Waals surface area contributed by atoms with E-state index in [-0.39, 0.29) is 12.1 Å². The van der Waals surface area contributed by atoms with Crippen molar-refractivity contribution in [2.24, 2.45) is 0 Å². The van der Waals surface area contributed by atoms with Crippen LogP contribution < -0.4 is 0 Å². The van der Waals surface area contributed by atoms with Gasteiger partial charge in [-0.3, -0.25) is 0 Å². The Hall–Kier alpha value is -1.61. The molecule has 0 saturated heterocycles. The Labute approximate surface area is 93.7 Å². The molecule has 3 heteroatoms. The zero-order chi connectivity index (χ0) is 11.3. The van der Waals surface area contributed by atoms with E-state index in [0.29, 0.717) is 0 Å². The molecule has 0 aromatic heterocycles. The highest BCUT2D eigenvalue weighted by molar-refractivity contribution is 5.87. The number of ether oxygens (including phenoxy) is 2. The predicted octanol–water partition coefficient (Wildman–Crippen LogP) is 2.00. The van der Waals surface area contributed by atoms with E-state index >= 15 is 0 Å². The van der Waals surface area contributed by atoms with E-state index in [1.54, 1.807) is 6.08 Å². The Bertz CT molecular complexity index is 504. The van der Waals surface area contributed by atoms with Crippen LogP contribution in [-0.2, 0) is 19.9 Å². The molecule has 0 fully saturated rings. The molecule has 0 radical (unpaired) electrons. The minimum absolute atomic E-state index is 0.102. The van der Waals surface area contributed by atoms with Gasteiger partial charge >= 0.3 is 5.97 Å². The Kier molecular flexibility index (Phi) is 1.77. The van der Waals surface area contributed by atoms with Crippen molar-refractivity contribution in [1.29, 1.82) is 0 Å². The van der Waals surface area contributed by atoms with Crippen molar-refractivity contribution < 1.29 is 14.3 Å². The molecule has 1 aromatic carbocycles. The van der Waals surface area contributed by atoms with Gasteiger partial charge in [-0.15, -0.1) is 0 Å². The van der Waals surface area contributed by atoms with Crippen LogP contribution in [0.5, 0.6) is 0 Å². The van der Waals surface area contributed by atoms with Crippen molar-refractivity contribution in [3.63, 3.8) is 0 Å². The molecule has 0 N–H and O–H groups in total. The highest BCUT2D eigenvalue weighted by atomic mass is 16.6. The van der Waals surface area contributed by atoms with Crippen molar-refractivity contribution in [3.05, 3.63) is 47.0 Å². The summed E-state index contributed by atoms with van der Waals surface area (Å²) < 4.78 is 10.6. The lowest BCUT2D eigenvalue weighted by Gasteiger charge is -2.21. The van der Waals surface area contributed by atoms with Crippen molar-refractivity contribution in [2.75, 3.05) is 7.11 Å². The van der Waals surface area contributed by atoms with E-state index in [2.05, 4.69) is 0 Å². The number of carbonyl (C=O) groups is 1. The number of rotatable bonds is 1. The quantitative estimate of drug-likeness (QED) is 0.532. The van der Waals surface area contributed by atoms with E-state index in [9.17, 15) is 4.79 Å². The smallest absolute Gasteiger partial charge is 0.347 e. The topological polar surface area (TPSA) is 35.5 Å². The van der Waals surface area contributed by atoms with E-state index in [1.807, 2.05) is 31.2 Å². The third kappa shape index (κ3) is 0.938. The lowest BCUT2D eigenvalue weighted by atomic mass is 9.85. The van der Waals surface area contributed by atoms with Crippen molar-refractivity contribution in [2.45, 2.75) is 18.6 Å². The maximum Gasteiger partial charge on any atom is 0.347 e. The fourth-order valence-corrected chi connectivity index (χ4v) is 2.57. The average Bonchev–Trinajstić information content (AvgIpc) is 2.86. The zero-order valence-electron chi connectivity index (χ0n) is 9.19. The second-order valence-corrected chi connectivity index (χ2v) is 4.16. The SMILES string of the molecule is COC(=O)C12C=CC(O1)c1c(C)cccc12. The standard InChI is InChI=1S/C13H12O3/c1-8-4-3-5-9-11(8)10-6-7-13(9,16-10)12(14)15-2/h3-7,10H,1-2H3. The molecule has 2 heterocycles. The summed E-state index contributed by atoms with van der Waals surface area (Å²) in [6, 6.07) is 5.90. The number of fused-ring (bicyclic) bond motifs is 5. The van der Waals surface area contributed by atoms with Gasteiger partial charge in [-0.1, -0.05) is 24.3 Å². The fraction of sp³-hybridized carbons (Fsp3) is 0.308. The Morgan fingerprint density at radius 1 is 1.50 bits per heavy atom. The molecular formula is C13H12O3. The summed E-state index contributed by atoms with van der Waals surface area (Å²) in [5.74, 6) is -0.351. The normalized spacial score (nSPS) is 29.2. The van der Waals surface area contributed by atoms with E-state index in [0.717, 1.165) is 16.7 Å². The first-order chi connectivity index (χ1) is 7.69. The lowest BCUT2D eigenvalue weighted by Crippen LogP contribution is -2.33. The van der Waals surface area contributed by atoms with Gasteiger partial charge in [0.15, 0.2) is 0 Å². The van der Waals surface area contributed by atoms with E-state index < -0.39 is 5.60 Å².